The molecule has 5 heteroatoms. The fourth-order valence-corrected chi connectivity index (χ4v) is 4.03. The van der Waals surface area contributed by atoms with E-state index in [0.29, 0.717) is 12.1 Å². The van der Waals surface area contributed by atoms with Gasteiger partial charge in [-0.1, -0.05) is 44.0 Å². The summed E-state index contributed by atoms with van der Waals surface area (Å²) in [6.07, 6.45) is 3.72. The summed E-state index contributed by atoms with van der Waals surface area (Å²) in [5.74, 6) is -0.355. The molecule has 2 aromatic carbocycles. The Morgan fingerprint density at radius 2 is 1.79 bits per heavy atom. The fraction of sp³-hybridized carbons (Fsp3) is 0.250. The van der Waals surface area contributed by atoms with Crippen LogP contribution in [0.2, 0.25) is 0 Å². The Morgan fingerprint density at radius 1 is 1.03 bits per heavy atom. The van der Waals surface area contributed by atoms with Crippen molar-refractivity contribution in [1.29, 1.82) is 0 Å². The summed E-state index contributed by atoms with van der Waals surface area (Å²) in [5.41, 5.74) is 3.25. The predicted octanol–water partition coefficient (Wildman–Crippen LogP) is 5.74. The molecule has 0 bridgehead atoms. The van der Waals surface area contributed by atoms with Crippen LogP contribution in [0.5, 0.6) is 0 Å². The highest BCUT2D eigenvalue weighted by Gasteiger charge is 2.21. The van der Waals surface area contributed by atoms with E-state index in [1.165, 1.54) is 0 Å². The Labute approximate surface area is 185 Å². The van der Waals surface area contributed by atoms with Crippen LogP contribution in [0.1, 0.15) is 47.9 Å². The zero-order valence-electron chi connectivity index (χ0n) is 16.7. The Hall–Kier alpha value is -2.41. The molecular weight excluding hydrogens is 475 g/mol. The molecule has 0 saturated carbocycles. The van der Waals surface area contributed by atoms with Crippen molar-refractivity contribution in [3.05, 3.63) is 91.4 Å². The first-order valence-corrected chi connectivity index (χ1v) is 11.0. The van der Waals surface area contributed by atoms with Gasteiger partial charge in [0.05, 0.1) is 0 Å². The van der Waals surface area contributed by atoms with E-state index in [9.17, 15) is 9.59 Å². The second-order valence-electron chi connectivity index (χ2n) is 7.06. The summed E-state index contributed by atoms with van der Waals surface area (Å²) in [7, 11) is 0. The molecule has 0 saturated heterocycles. The van der Waals surface area contributed by atoms with Gasteiger partial charge >= 0.3 is 0 Å². The molecule has 3 rings (SSSR count). The van der Waals surface area contributed by atoms with E-state index in [-0.39, 0.29) is 16.9 Å². The van der Waals surface area contributed by atoms with Crippen LogP contribution in [0, 0.1) is 10.5 Å². The number of carbonyl (C=O) groups is 1. The van der Waals surface area contributed by atoms with Crippen LogP contribution < -0.4 is 10.7 Å². The number of unbranched alkanes of at least 4 members (excludes halogenated alkanes) is 2. The molecule has 1 heterocycles. The topological polar surface area (TPSA) is 51.1 Å². The quantitative estimate of drug-likeness (QED) is 0.333. The minimum Gasteiger partial charge on any atom is -0.322 e. The molecule has 150 valence electrons. The number of para-hydroxylation sites is 1. The van der Waals surface area contributed by atoms with E-state index in [0.717, 1.165) is 39.9 Å². The van der Waals surface area contributed by atoms with Crippen LogP contribution in [0.25, 0.3) is 5.69 Å². The maximum Gasteiger partial charge on any atom is 0.261 e. The first-order chi connectivity index (χ1) is 14.0. The normalized spacial score (nSPS) is 10.7. The van der Waals surface area contributed by atoms with Crippen molar-refractivity contribution in [2.75, 3.05) is 5.32 Å². The number of hydrogen-bond acceptors (Lipinski definition) is 2. The monoisotopic (exact) mass is 500 g/mol. The second-order valence-corrected chi connectivity index (χ2v) is 8.31. The summed E-state index contributed by atoms with van der Waals surface area (Å²) in [5, 5.41) is 2.89. The SMILES string of the molecule is CCCCCc1c(C(=O)Nc2ccccc2)c(=O)cc(C)n1-c1cccc(I)c1. The Morgan fingerprint density at radius 3 is 2.48 bits per heavy atom. The highest BCUT2D eigenvalue weighted by Crippen LogP contribution is 2.21. The number of pyridine rings is 1. The van der Waals surface area contributed by atoms with Crippen molar-refractivity contribution in [2.24, 2.45) is 0 Å². The molecule has 29 heavy (non-hydrogen) atoms. The predicted molar refractivity (Wildman–Crippen MR) is 127 cm³/mol. The summed E-state index contributed by atoms with van der Waals surface area (Å²) >= 11 is 2.28. The molecule has 0 aliphatic rings. The largest absolute Gasteiger partial charge is 0.322 e. The maximum atomic E-state index is 13.1. The average molecular weight is 500 g/mol. The van der Waals surface area contributed by atoms with E-state index in [4.69, 9.17) is 0 Å². The Bertz CT molecular complexity index is 1060. The number of hydrogen-bond donors (Lipinski definition) is 1. The van der Waals surface area contributed by atoms with Crippen molar-refractivity contribution >= 4 is 34.2 Å². The van der Waals surface area contributed by atoms with Crippen LogP contribution in [-0.4, -0.2) is 10.5 Å². The first kappa shape index (κ1) is 21.3. The van der Waals surface area contributed by atoms with E-state index >= 15 is 0 Å². The molecule has 4 nitrogen and oxygen atoms in total. The summed E-state index contributed by atoms with van der Waals surface area (Å²) < 4.78 is 3.16. The minimum absolute atomic E-state index is 0.231. The fourth-order valence-electron chi connectivity index (χ4n) is 3.51. The number of aromatic nitrogens is 1. The molecule has 0 spiro atoms. The molecule has 0 atom stereocenters. The van der Waals surface area contributed by atoms with Gasteiger partial charge in [-0.2, -0.15) is 0 Å². The van der Waals surface area contributed by atoms with Gasteiger partial charge in [-0.25, -0.2) is 0 Å². The van der Waals surface area contributed by atoms with Crippen LogP contribution in [0.15, 0.2) is 65.5 Å². The third-order valence-electron chi connectivity index (χ3n) is 4.84. The molecule has 0 radical (unpaired) electrons. The summed E-state index contributed by atoms with van der Waals surface area (Å²) in [4.78, 5) is 26.0. The number of carbonyl (C=O) groups excluding carboxylic acids is 1. The highest BCUT2D eigenvalue weighted by atomic mass is 127. The van der Waals surface area contributed by atoms with Crippen LogP contribution >= 0.6 is 22.6 Å². The lowest BCUT2D eigenvalue weighted by Crippen LogP contribution is -2.28. The zero-order chi connectivity index (χ0) is 20.8. The van der Waals surface area contributed by atoms with Gasteiger partial charge in [0.25, 0.3) is 5.91 Å². The van der Waals surface area contributed by atoms with Gasteiger partial charge in [-0.15, -0.1) is 0 Å². The molecule has 1 amide bonds. The minimum atomic E-state index is -0.355. The molecule has 0 aliphatic heterocycles. The maximum absolute atomic E-state index is 13.1. The molecule has 0 fully saturated rings. The molecule has 1 aromatic heterocycles. The average Bonchev–Trinajstić information content (AvgIpc) is 2.68. The van der Waals surface area contributed by atoms with E-state index < -0.39 is 0 Å². The third kappa shape index (κ3) is 5.15. The van der Waals surface area contributed by atoms with Gasteiger partial charge in [0.15, 0.2) is 5.43 Å². The highest BCUT2D eigenvalue weighted by molar-refractivity contribution is 14.1. The van der Waals surface area contributed by atoms with Gasteiger partial charge in [0.2, 0.25) is 0 Å². The summed E-state index contributed by atoms with van der Waals surface area (Å²) in [6.45, 7) is 4.06. The molecular formula is C24H25IN2O2. The number of anilines is 1. The number of amides is 1. The lowest BCUT2D eigenvalue weighted by atomic mass is 10.0. The standard InChI is InChI=1S/C24H25IN2O2/c1-3-4-6-14-21-23(24(29)26-19-11-7-5-8-12-19)22(28)15-17(2)27(21)20-13-9-10-18(25)16-20/h5,7-13,15-16H,3-4,6,14H2,1-2H3,(H,26,29). The Kier molecular flexibility index (Phi) is 7.25. The smallest absolute Gasteiger partial charge is 0.261 e. The second kappa shape index (κ2) is 9.87. The van der Waals surface area contributed by atoms with Crippen LogP contribution in [0.3, 0.4) is 0 Å². The number of rotatable bonds is 7. The zero-order valence-corrected chi connectivity index (χ0v) is 18.9. The first-order valence-electron chi connectivity index (χ1n) is 9.89. The third-order valence-corrected chi connectivity index (χ3v) is 5.51. The van der Waals surface area contributed by atoms with Crippen molar-refractivity contribution in [2.45, 2.75) is 39.5 Å². The number of halogens is 1. The molecule has 0 aliphatic carbocycles. The van der Waals surface area contributed by atoms with Gasteiger partial charge < -0.3 is 9.88 Å². The van der Waals surface area contributed by atoms with Crippen molar-refractivity contribution in [3.8, 4) is 5.69 Å². The Balaban J connectivity index is 2.14. The molecule has 1 N–H and O–H groups in total. The van der Waals surface area contributed by atoms with E-state index in [1.807, 2.05) is 55.5 Å². The van der Waals surface area contributed by atoms with E-state index in [2.05, 4.69) is 45.5 Å². The van der Waals surface area contributed by atoms with Crippen molar-refractivity contribution in [3.63, 3.8) is 0 Å². The van der Waals surface area contributed by atoms with E-state index in [1.54, 1.807) is 6.07 Å². The summed E-state index contributed by atoms with van der Waals surface area (Å²) in [6, 6.07) is 18.9. The van der Waals surface area contributed by atoms with Gasteiger partial charge in [0.1, 0.15) is 5.56 Å². The molecule has 0 unspecified atom stereocenters. The van der Waals surface area contributed by atoms with Crippen molar-refractivity contribution in [1.82, 2.24) is 4.57 Å². The number of nitrogens with zero attached hydrogens (tertiary/aromatic N) is 1. The van der Waals surface area contributed by atoms with Crippen LogP contribution in [0.4, 0.5) is 5.69 Å². The van der Waals surface area contributed by atoms with Crippen LogP contribution in [-0.2, 0) is 6.42 Å². The number of benzene rings is 2. The lowest BCUT2D eigenvalue weighted by Gasteiger charge is -2.20. The number of aryl methyl sites for hydroxylation is 1. The van der Waals surface area contributed by atoms with Gasteiger partial charge in [-0.3, -0.25) is 9.59 Å². The molecule has 3 aromatic rings. The van der Waals surface area contributed by atoms with Gasteiger partial charge in [-0.05, 0) is 72.7 Å². The lowest BCUT2D eigenvalue weighted by molar-refractivity contribution is 0.102. The number of nitrogens with one attached hydrogen (secondary N) is 1. The van der Waals surface area contributed by atoms with Crippen molar-refractivity contribution < 1.29 is 4.79 Å². The van der Waals surface area contributed by atoms with Gasteiger partial charge in [0, 0.05) is 32.4 Å².